The maximum Gasteiger partial charge on any atom is 0.277 e. The average molecular weight is 324 g/mol. The maximum absolute atomic E-state index is 11.8. The number of hydrogen-bond acceptors (Lipinski definition) is 3. The summed E-state index contributed by atoms with van der Waals surface area (Å²) in [6.45, 7) is 8.18. The monoisotopic (exact) mass is 324 g/mol. The number of carbonyl (C=O) groups is 1. The first-order chi connectivity index (χ1) is 11.5. The van der Waals surface area contributed by atoms with Crippen LogP contribution in [-0.2, 0) is 4.79 Å². The van der Waals surface area contributed by atoms with Crippen LogP contribution in [0.5, 0.6) is 5.75 Å². The summed E-state index contributed by atoms with van der Waals surface area (Å²) in [4.78, 5) is 11.8. The van der Waals surface area contributed by atoms with E-state index in [1.165, 1.54) is 11.1 Å². The summed E-state index contributed by atoms with van der Waals surface area (Å²) >= 11 is 0. The molecule has 0 heterocycles. The van der Waals surface area contributed by atoms with E-state index in [-0.39, 0.29) is 12.5 Å². The van der Waals surface area contributed by atoms with E-state index < -0.39 is 0 Å². The van der Waals surface area contributed by atoms with Crippen molar-refractivity contribution in [2.45, 2.75) is 33.6 Å². The fourth-order valence-corrected chi connectivity index (χ4v) is 2.14. The molecule has 0 aliphatic carbocycles. The zero-order valence-electron chi connectivity index (χ0n) is 14.7. The van der Waals surface area contributed by atoms with Crippen molar-refractivity contribution in [2.24, 2.45) is 5.10 Å². The molecule has 0 spiro atoms. The van der Waals surface area contributed by atoms with Crippen molar-refractivity contribution in [3.63, 3.8) is 0 Å². The van der Waals surface area contributed by atoms with Gasteiger partial charge in [0.05, 0.1) is 6.21 Å². The van der Waals surface area contributed by atoms with Crippen LogP contribution in [0.15, 0.2) is 47.6 Å². The summed E-state index contributed by atoms with van der Waals surface area (Å²) in [6.07, 6.45) is 1.61. The van der Waals surface area contributed by atoms with Crippen molar-refractivity contribution in [3.8, 4) is 5.75 Å². The minimum absolute atomic E-state index is 0.0619. The van der Waals surface area contributed by atoms with Crippen LogP contribution in [0.25, 0.3) is 0 Å². The summed E-state index contributed by atoms with van der Waals surface area (Å²) in [5, 5.41) is 3.95. The number of benzene rings is 2. The predicted octanol–water partition coefficient (Wildman–Crippen LogP) is 3.96. The van der Waals surface area contributed by atoms with E-state index in [0.717, 1.165) is 16.9 Å². The van der Waals surface area contributed by atoms with E-state index in [9.17, 15) is 4.79 Å². The number of carbonyl (C=O) groups excluding carboxylic acids is 1. The van der Waals surface area contributed by atoms with Gasteiger partial charge in [-0.15, -0.1) is 0 Å². The molecule has 0 unspecified atom stereocenters. The van der Waals surface area contributed by atoms with E-state index >= 15 is 0 Å². The molecule has 4 heteroatoms. The van der Waals surface area contributed by atoms with Crippen LogP contribution >= 0.6 is 0 Å². The maximum atomic E-state index is 11.8. The zero-order chi connectivity index (χ0) is 17.5. The molecule has 2 rings (SSSR count). The Kier molecular flexibility index (Phi) is 6.13. The molecule has 2 aromatic carbocycles. The minimum Gasteiger partial charge on any atom is -0.483 e. The molecule has 0 saturated carbocycles. The second-order valence-electron chi connectivity index (χ2n) is 6.17. The van der Waals surface area contributed by atoms with Crippen LogP contribution in [0.2, 0.25) is 0 Å². The van der Waals surface area contributed by atoms with Gasteiger partial charge in [-0.05, 0) is 42.5 Å². The first kappa shape index (κ1) is 17.7. The molecule has 0 aliphatic heterocycles. The Morgan fingerprint density at radius 1 is 1.17 bits per heavy atom. The highest BCUT2D eigenvalue weighted by Gasteiger charge is 2.07. The molecule has 24 heavy (non-hydrogen) atoms. The van der Waals surface area contributed by atoms with Crippen LogP contribution in [0.4, 0.5) is 0 Å². The van der Waals surface area contributed by atoms with Crippen molar-refractivity contribution < 1.29 is 9.53 Å². The fraction of sp³-hybridized carbons (Fsp3) is 0.300. The Morgan fingerprint density at radius 3 is 2.54 bits per heavy atom. The van der Waals surface area contributed by atoms with E-state index in [0.29, 0.717) is 5.92 Å². The number of rotatable bonds is 6. The van der Waals surface area contributed by atoms with Gasteiger partial charge in [-0.25, -0.2) is 5.43 Å². The molecule has 1 N–H and O–H groups in total. The molecule has 4 nitrogen and oxygen atoms in total. The van der Waals surface area contributed by atoms with E-state index in [4.69, 9.17) is 4.74 Å². The van der Waals surface area contributed by atoms with Gasteiger partial charge in [0.2, 0.25) is 0 Å². The molecule has 0 fully saturated rings. The number of nitrogens with one attached hydrogen (secondary N) is 1. The topological polar surface area (TPSA) is 50.7 Å². The Hall–Kier alpha value is -2.62. The lowest BCUT2D eigenvalue weighted by Crippen LogP contribution is -2.24. The van der Waals surface area contributed by atoms with Crippen LogP contribution in [0.1, 0.15) is 42.0 Å². The summed E-state index contributed by atoms with van der Waals surface area (Å²) in [5.74, 6) is 0.868. The number of aryl methyl sites for hydroxylation is 2. The Labute approximate surface area is 143 Å². The van der Waals surface area contributed by atoms with Gasteiger partial charge in [-0.3, -0.25) is 4.79 Å². The molecule has 0 bridgehead atoms. The van der Waals surface area contributed by atoms with Crippen molar-refractivity contribution in [2.75, 3.05) is 6.61 Å². The lowest BCUT2D eigenvalue weighted by molar-refractivity contribution is -0.123. The number of nitrogens with zero attached hydrogens (tertiary/aromatic N) is 1. The number of hydrazone groups is 1. The van der Waals surface area contributed by atoms with Crippen molar-refractivity contribution in [3.05, 3.63) is 64.7 Å². The van der Waals surface area contributed by atoms with Crippen molar-refractivity contribution in [1.82, 2.24) is 5.43 Å². The van der Waals surface area contributed by atoms with E-state index in [1.54, 1.807) is 6.21 Å². The third kappa shape index (κ3) is 5.23. The Bertz CT molecular complexity index is 719. The van der Waals surface area contributed by atoms with Gasteiger partial charge in [-0.2, -0.15) is 5.10 Å². The Morgan fingerprint density at radius 2 is 1.88 bits per heavy atom. The summed E-state index contributed by atoms with van der Waals surface area (Å²) in [6, 6.07) is 14.0. The molecule has 1 amide bonds. The van der Waals surface area contributed by atoms with E-state index in [2.05, 4.69) is 30.4 Å². The van der Waals surface area contributed by atoms with Gasteiger partial charge in [-0.1, -0.05) is 55.8 Å². The first-order valence-corrected chi connectivity index (χ1v) is 8.07. The second-order valence-corrected chi connectivity index (χ2v) is 6.17. The van der Waals surface area contributed by atoms with Gasteiger partial charge in [0.1, 0.15) is 5.75 Å². The molecular formula is C20H24N2O2. The molecule has 126 valence electrons. The molecule has 0 saturated heterocycles. The van der Waals surface area contributed by atoms with Crippen molar-refractivity contribution >= 4 is 12.1 Å². The molecular weight excluding hydrogens is 300 g/mol. The molecule has 0 aromatic heterocycles. The van der Waals surface area contributed by atoms with Crippen LogP contribution in [-0.4, -0.2) is 18.7 Å². The van der Waals surface area contributed by atoms with Gasteiger partial charge in [0.25, 0.3) is 5.91 Å². The van der Waals surface area contributed by atoms with Crippen LogP contribution in [0.3, 0.4) is 0 Å². The second kappa shape index (κ2) is 8.29. The van der Waals surface area contributed by atoms with E-state index in [1.807, 2.05) is 50.2 Å². The first-order valence-electron chi connectivity index (χ1n) is 8.07. The SMILES string of the molecule is Cc1ccc(/C=N\NC(=O)COc2cc(C(C)C)ccc2C)cc1. The third-order valence-electron chi connectivity index (χ3n) is 3.72. The lowest BCUT2D eigenvalue weighted by atomic mass is 10.0. The molecule has 0 radical (unpaired) electrons. The normalized spacial score (nSPS) is 11.0. The largest absolute Gasteiger partial charge is 0.483 e. The highest BCUT2D eigenvalue weighted by Crippen LogP contribution is 2.24. The van der Waals surface area contributed by atoms with Gasteiger partial charge in [0, 0.05) is 0 Å². The van der Waals surface area contributed by atoms with Gasteiger partial charge < -0.3 is 4.74 Å². The molecule has 2 aromatic rings. The fourth-order valence-electron chi connectivity index (χ4n) is 2.14. The third-order valence-corrected chi connectivity index (χ3v) is 3.72. The standard InChI is InChI=1S/C20H24N2O2/c1-14(2)18-10-7-16(4)19(11-18)24-13-20(23)22-21-12-17-8-5-15(3)6-9-17/h5-12,14H,13H2,1-4H3,(H,22,23)/b21-12-. The zero-order valence-corrected chi connectivity index (χ0v) is 14.7. The van der Waals surface area contributed by atoms with Gasteiger partial charge in [0.15, 0.2) is 6.61 Å². The summed E-state index contributed by atoms with van der Waals surface area (Å²) < 4.78 is 5.62. The summed E-state index contributed by atoms with van der Waals surface area (Å²) in [5.41, 5.74) is 6.79. The van der Waals surface area contributed by atoms with Gasteiger partial charge >= 0.3 is 0 Å². The molecule has 0 aliphatic rings. The van der Waals surface area contributed by atoms with Crippen molar-refractivity contribution in [1.29, 1.82) is 0 Å². The minimum atomic E-state index is -0.285. The number of amides is 1. The lowest BCUT2D eigenvalue weighted by Gasteiger charge is -2.12. The average Bonchev–Trinajstić information content (AvgIpc) is 2.55. The quantitative estimate of drug-likeness (QED) is 0.646. The number of hydrogen-bond donors (Lipinski definition) is 1. The summed E-state index contributed by atoms with van der Waals surface area (Å²) in [7, 11) is 0. The molecule has 0 atom stereocenters. The highest BCUT2D eigenvalue weighted by molar-refractivity contribution is 5.82. The number of ether oxygens (including phenoxy) is 1. The van der Waals surface area contributed by atoms with Crippen LogP contribution in [0, 0.1) is 13.8 Å². The van der Waals surface area contributed by atoms with Crippen LogP contribution < -0.4 is 10.2 Å². The smallest absolute Gasteiger partial charge is 0.277 e. The predicted molar refractivity (Wildman–Crippen MR) is 97.7 cm³/mol. The Balaban J connectivity index is 1.87. The highest BCUT2D eigenvalue weighted by atomic mass is 16.5.